The third-order valence-corrected chi connectivity index (χ3v) is 13.6. The van der Waals surface area contributed by atoms with Gasteiger partial charge in [-0.05, 0) is 38.5 Å². The standard InChI is InChI=1S/C54H105NO10/c1-3-5-7-9-11-13-14-15-16-17-18-19-20-21-22-23-24-25-26-27-28-29-30-31-32-34-36-38-40-42-47(58)53(63)55-45(44-64-54-52(62)51(61)50(60)48(43-56)65-54)49(59)46(57)41-39-37-35-33-12-10-8-6-4-2/h21-22,45-52,54,56-62H,3-20,23-44H2,1-2H3,(H,55,63)/b22-21-. The normalized spacial score (nSPS) is 20.9. The Bertz CT molecular complexity index is 1060. The molecule has 0 spiro atoms. The second kappa shape index (κ2) is 44.1. The number of hydrogen-bond acceptors (Lipinski definition) is 10. The molecule has 1 rings (SSSR count). The molecule has 0 aromatic heterocycles. The number of hydrogen-bond donors (Lipinski definition) is 8. The van der Waals surface area contributed by atoms with Crippen molar-refractivity contribution in [3.8, 4) is 0 Å². The van der Waals surface area contributed by atoms with Crippen molar-refractivity contribution in [1.29, 1.82) is 0 Å². The minimum Gasteiger partial charge on any atom is -0.394 e. The van der Waals surface area contributed by atoms with Gasteiger partial charge in [0.1, 0.15) is 36.6 Å². The Hall–Kier alpha value is -1.15. The number of nitrogens with one attached hydrogen (secondary N) is 1. The third kappa shape index (κ3) is 33.1. The minimum absolute atomic E-state index is 0.263. The van der Waals surface area contributed by atoms with Crippen LogP contribution in [0.1, 0.15) is 258 Å². The van der Waals surface area contributed by atoms with Crippen LogP contribution in [0.4, 0.5) is 0 Å². The molecule has 0 aromatic rings. The van der Waals surface area contributed by atoms with E-state index in [1.54, 1.807) is 0 Å². The summed E-state index contributed by atoms with van der Waals surface area (Å²) < 4.78 is 11.1. The Morgan fingerprint density at radius 3 is 1.29 bits per heavy atom. The van der Waals surface area contributed by atoms with Crippen LogP contribution in [0.15, 0.2) is 12.2 Å². The summed E-state index contributed by atoms with van der Waals surface area (Å²) in [7, 11) is 0. The second-order valence-corrected chi connectivity index (χ2v) is 19.7. The van der Waals surface area contributed by atoms with E-state index in [-0.39, 0.29) is 6.42 Å². The molecule has 11 heteroatoms. The van der Waals surface area contributed by atoms with Gasteiger partial charge in [0.25, 0.3) is 0 Å². The van der Waals surface area contributed by atoms with Crippen molar-refractivity contribution in [3.63, 3.8) is 0 Å². The summed E-state index contributed by atoms with van der Waals surface area (Å²) in [6.07, 6.45) is 38.7. The Morgan fingerprint density at radius 1 is 0.523 bits per heavy atom. The first kappa shape index (κ1) is 61.9. The molecule has 1 aliphatic rings. The molecule has 0 aromatic carbocycles. The largest absolute Gasteiger partial charge is 0.394 e. The minimum atomic E-state index is -1.66. The molecule has 65 heavy (non-hydrogen) atoms. The molecule has 1 aliphatic heterocycles. The van der Waals surface area contributed by atoms with E-state index < -0.39 is 74.2 Å². The van der Waals surface area contributed by atoms with E-state index in [1.165, 1.54) is 180 Å². The van der Waals surface area contributed by atoms with Crippen molar-refractivity contribution >= 4 is 5.91 Å². The summed E-state index contributed by atoms with van der Waals surface area (Å²) >= 11 is 0. The smallest absolute Gasteiger partial charge is 0.249 e. The summed E-state index contributed by atoms with van der Waals surface area (Å²) in [5.74, 6) is -0.696. The molecule has 1 saturated heterocycles. The van der Waals surface area contributed by atoms with E-state index in [9.17, 15) is 40.5 Å². The van der Waals surface area contributed by atoms with E-state index in [1.807, 2.05) is 0 Å². The number of carbonyl (C=O) groups is 1. The van der Waals surface area contributed by atoms with Gasteiger partial charge in [0.05, 0.1) is 25.4 Å². The van der Waals surface area contributed by atoms with Crippen LogP contribution in [-0.4, -0.2) is 110 Å². The van der Waals surface area contributed by atoms with E-state index >= 15 is 0 Å². The number of rotatable bonds is 47. The zero-order chi connectivity index (χ0) is 47.6. The molecule has 0 aliphatic carbocycles. The molecular weight excluding hydrogens is 823 g/mol. The van der Waals surface area contributed by atoms with Crippen LogP contribution in [0, 0.1) is 0 Å². The average molecular weight is 928 g/mol. The van der Waals surface area contributed by atoms with Crippen LogP contribution in [0.2, 0.25) is 0 Å². The Kier molecular flexibility index (Phi) is 42.0. The maximum atomic E-state index is 13.1. The van der Waals surface area contributed by atoms with Gasteiger partial charge in [0.2, 0.25) is 5.91 Å². The van der Waals surface area contributed by atoms with Crippen molar-refractivity contribution in [1.82, 2.24) is 5.32 Å². The van der Waals surface area contributed by atoms with E-state index in [0.29, 0.717) is 19.3 Å². The molecule has 11 nitrogen and oxygen atoms in total. The molecule has 0 bridgehead atoms. The van der Waals surface area contributed by atoms with Crippen LogP contribution in [0.25, 0.3) is 0 Å². The van der Waals surface area contributed by atoms with Gasteiger partial charge in [-0.15, -0.1) is 0 Å². The van der Waals surface area contributed by atoms with Gasteiger partial charge in [-0.1, -0.05) is 231 Å². The van der Waals surface area contributed by atoms with Crippen molar-refractivity contribution < 1.29 is 50.0 Å². The quantitative estimate of drug-likeness (QED) is 0.0215. The van der Waals surface area contributed by atoms with Crippen LogP contribution in [-0.2, 0) is 14.3 Å². The molecule has 9 unspecified atom stereocenters. The van der Waals surface area contributed by atoms with Gasteiger partial charge in [0.15, 0.2) is 6.29 Å². The van der Waals surface area contributed by atoms with Gasteiger partial charge in [-0.2, -0.15) is 0 Å². The Balaban J connectivity index is 2.19. The summed E-state index contributed by atoms with van der Waals surface area (Å²) in [5, 5.41) is 75.7. The van der Waals surface area contributed by atoms with Crippen molar-refractivity contribution in [2.24, 2.45) is 0 Å². The number of carbonyl (C=O) groups excluding carboxylic acids is 1. The highest BCUT2D eigenvalue weighted by molar-refractivity contribution is 5.80. The fourth-order valence-corrected chi connectivity index (χ4v) is 9.03. The maximum absolute atomic E-state index is 13.1. The zero-order valence-electron chi connectivity index (χ0n) is 42.0. The van der Waals surface area contributed by atoms with Crippen LogP contribution < -0.4 is 5.32 Å². The molecular formula is C54H105NO10. The highest BCUT2D eigenvalue weighted by Crippen LogP contribution is 2.23. The van der Waals surface area contributed by atoms with Gasteiger partial charge in [0, 0.05) is 0 Å². The highest BCUT2D eigenvalue weighted by Gasteiger charge is 2.44. The predicted molar refractivity (Wildman–Crippen MR) is 266 cm³/mol. The van der Waals surface area contributed by atoms with E-state index in [0.717, 1.165) is 38.5 Å². The highest BCUT2D eigenvalue weighted by atomic mass is 16.7. The van der Waals surface area contributed by atoms with Crippen molar-refractivity contribution in [2.45, 2.75) is 313 Å². The predicted octanol–water partition coefficient (Wildman–Crippen LogP) is 10.8. The number of aliphatic hydroxyl groups excluding tert-OH is 7. The topological polar surface area (TPSA) is 189 Å². The van der Waals surface area contributed by atoms with Crippen LogP contribution >= 0.6 is 0 Å². The van der Waals surface area contributed by atoms with Crippen molar-refractivity contribution in [2.75, 3.05) is 13.2 Å². The lowest BCUT2D eigenvalue weighted by Gasteiger charge is -2.40. The van der Waals surface area contributed by atoms with Crippen LogP contribution in [0.5, 0.6) is 0 Å². The Morgan fingerprint density at radius 2 is 0.892 bits per heavy atom. The first-order valence-corrected chi connectivity index (χ1v) is 27.6. The average Bonchev–Trinajstić information content (AvgIpc) is 3.31. The lowest BCUT2D eigenvalue weighted by Crippen LogP contribution is -2.60. The molecule has 8 N–H and O–H groups in total. The molecule has 9 atom stereocenters. The van der Waals surface area contributed by atoms with Gasteiger partial charge >= 0.3 is 0 Å². The zero-order valence-corrected chi connectivity index (χ0v) is 42.0. The fraction of sp³-hybridized carbons (Fsp3) is 0.944. The number of aliphatic hydroxyl groups is 7. The van der Waals surface area contributed by atoms with Crippen molar-refractivity contribution in [3.05, 3.63) is 12.2 Å². The molecule has 0 radical (unpaired) electrons. The van der Waals surface area contributed by atoms with Gasteiger partial charge in [-0.3, -0.25) is 4.79 Å². The first-order chi connectivity index (χ1) is 31.7. The lowest BCUT2D eigenvalue weighted by atomic mass is 9.98. The monoisotopic (exact) mass is 928 g/mol. The molecule has 0 saturated carbocycles. The summed E-state index contributed by atoms with van der Waals surface area (Å²) in [4.78, 5) is 13.1. The molecule has 386 valence electrons. The molecule has 1 amide bonds. The fourth-order valence-electron chi connectivity index (χ4n) is 9.03. The van der Waals surface area contributed by atoms with Gasteiger partial charge < -0.3 is 50.5 Å². The third-order valence-electron chi connectivity index (χ3n) is 13.6. The maximum Gasteiger partial charge on any atom is 0.249 e. The summed E-state index contributed by atoms with van der Waals surface area (Å²) in [6.45, 7) is 3.43. The number of unbranched alkanes of at least 4 members (excludes halogenated alkanes) is 33. The van der Waals surface area contributed by atoms with E-state index in [2.05, 4.69) is 31.3 Å². The SMILES string of the molecule is CCCCCCCCCCCCCC/C=C\CCCCCCCCCCCCCCCC(O)C(=O)NC(COC1OC(CO)C(O)C(O)C1O)C(O)C(O)CCCCCCCCCCC. The second-order valence-electron chi connectivity index (χ2n) is 19.7. The van der Waals surface area contributed by atoms with E-state index in [4.69, 9.17) is 9.47 Å². The van der Waals surface area contributed by atoms with Crippen LogP contribution in [0.3, 0.4) is 0 Å². The summed E-state index contributed by atoms with van der Waals surface area (Å²) in [5.41, 5.74) is 0. The number of amides is 1. The molecule has 1 heterocycles. The lowest BCUT2D eigenvalue weighted by molar-refractivity contribution is -0.303. The van der Waals surface area contributed by atoms with Gasteiger partial charge in [-0.25, -0.2) is 0 Å². The summed E-state index contributed by atoms with van der Waals surface area (Å²) in [6, 6.07) is -1.16. The Labute approximate surface area is 398 Å². The molecule has 1 fully saturated rings. The first-order valence-electron chi connectivity index (χ1n) is 27.6. The number of allylic oxidation sites excluding steroid dienone is 2. The number of ether oxygens (including phenoxy) is 2.